The molecule has 1 N–H and O–H groups in total. The Labute approximate surface area is 89.5 Å². The molecule has 1 amide bonds. The zero-order valence-electron chi connectivity index (χ0n) is 8.01. The third-order valence-electron chi connectivity index (χ3n) is 2.22. The number of carboxylic acid groups (broad SMARTS) is 1. The summed E-state index contributed by atoms with van der Waals surface area (Å²) in [6, 6.07) is 0. The highest BCUT2D eigenvalue weighted by molar-refractivity contribution is 7.15. The number of nitrogens with zero attached hydrogens (tertiary/aromatic N) is 3. The Morgan fingerprint density at radius 3 is 2.80 bits per heavy atom. The van der Waals surface area contributed by atoms with Crippen LogP contribution in [-0.2, 0) is 9.59 Å². The van der Waals surface area contributed by atoms with E-state index >= 15 is 0 Å². The molecule has 0 bridgehead atoms. The largest absolute Gasteiger partial charge is 0.481 e. The number of carboxylic acids is 1. The van der Waals surface area contributed by atoms with Gasteiger partial charge < -0.3 is 5.11 Å². The topological polar surface area (TPSA) is 83.4 Å². The van der Waals surface area contributed by atoms with Crippen LogP contribution in [0.2, 0.25) is 0 Å². The van der Waals surface area contributed by atoms with Gasteiger partial charge >= 0.3 is 5.97 Å². The van der Waals surface area contributed by atoms with Crippen molar-refractivity contribution >= 4 is 28.3 Å². The average Bonchev–Trinajstić information content (AvgIpc) is 2.71. The summed E-state index contributed by atoms with van der Waals surface area (Å²) in [5, 5.41) is 17.7. The summed E-state index contributed by atoms with van der Waals surface area (Å²) in [5.74, 6) is -1.76. The predicted octanol–water partition coefficient (Wildman–Crippen LogP) is 0.284. The Hall–Kier alpha value is -1.50. The molecular formula is C8H9N3O3S. The van der Waals surface area contributed by atoms with Crippen molar-refractivity contribution in [2.45, 2.75) is 13.3 Å². The number of anilines is 1. The van der Waals surface area contributed by atoms with Crippen molar-refractivity contribution in [1.29, 1.82) is 0 Å². The third kappa shape index (κ3) is 1.82. The van der Waals surface area contributed by atoms with E-state index in [1.165, 1.54) is 16.2 Å². The van der Waals surface area contributed by atoms with Gasteiger partial charge in [-0.25, -0.2) is 0 Å². The van der Waals surface area contributed by atoms with Crippen molar-refractivity contribution in [3.8, 4) is 0 Å². The van der Waals surface area contributed by atoms with E-state index in [2.05, 4.69) is 10.2 Å². The monoisotopic (exact) mass is 227 g/mol. The summed E-state index contributed by atoms with van der Waals surface area (Å²) < 4.78 is 0. The van der Waals surface area contributed by atoms with Crippen LogP contribution in [0.4, 0.5) is 5.13 Å². The molecule has 1 fully saturated rings. The van der Waals surface area contributed by atoms with Gasteiger partial charge in [-0.3, -0.25) is 14.5 Å². The smallest absolute Gasteiger partial charge is 0.308 e. The number of hydrogen-bond acceptors (Lipinski definition) is 5. The lowest BCUT2D eigenvalue weighted by molar-refractivity contribution is -0.141. The molecule has 0 spiro atoms. The molecule has 1 aromatic heterocycles. The van der Waals surface area contributed by atoms with Crippen LogP contribution in [0.25, 0.3) is 0 Å². The van der Waals surface area contributed by atoms with Gasteiger partial charge in [-0.2, -0.15) is 0 Å². The first-order chi connectivity index (χ1) is 7.08. The molecule has 0 radical (unpaired) electrons. The zero-order valence-corrected chi connectivity index (χ0v) is 8.82. The average molecular weight is 227 g/mol. The highest BCUT2D eigenvalue weighted by atomic mass is 32.1. The Morgan fingerprint density at radius 2 is 2.33 bits per heavy atom. The van der Waals surface area contributed by atoms with E-state index in [1.807, 2.05) is 0 Å². The Bertz CT molecular complexity index is 417. The number of amides is 1. The van der Waals surface area contributed by atoms with Gasteiger partial charge in [-0.05, 0) is 6.92 Å². The van der Waals surface area contributed by atoms with Crippen molar-refractivity contribution in [3.05, 3.63) is 5.01 Å². The number of aryl methyl sites for hydroxylation is 1. The molecule has 1 atom stereocenters. The first kappa shape index (κ1) is 10.0. The Kier molecular flexibility index (Phi) is 2.39. The van der Waals surface area contributed by atoms with E-state index in [4.69, 9.17) is 5.11 Å². The van der Waals surface area contributed by atoms with Gasteiger partial charge in [0.15, 0.2) is 0 Å². The highest BCUT2D eigenvalue weighted by Gasteiger charge is 2.36. The lowest BCUT2D eigenvalue weighted by Gasteiger charge is -2.10. The summed E-state index contributed by atoms with van der Waals surface area (Å²) >= 11 is 1.29. The van der Waals surface area contributed by atoms with Crippen LogP contribution >= 0.6 is 11.3 Å². The number of aliphatic carboxylic acids is 1. The van der Waals surface area contributed by atoms with Crippen molar-refractivity contribution in [3.63, 3.8) is 0 Å². The van der Waals surface area contributed by atoms with Crippen molar-refractivity contribution in [2.24, 2.45) is 5.92 Å². The first-order valence-corrected chi connectivity index (χ1v) is 5.23. The van der Waals surface area contributed by atoms with Gasteiger partial charge in [0, 0.05) is 13.0 Å². The molecule has 7 heteroatoms. The summed E-state index contributed by atoms with van der Waals surface area (Å²) in [4.78, 5) is 23.6. The number of carbonyl (C=O) groups is 2. The van der Waals surface area contributed by atoms with Gasteiger partial charge in [0.2, 0.25) is 11.0 Å². The van der Waals surface area contributed by atoms with Crippen molar-refractivity contribution in [1.82, 2.24) is 10.2 Å². The van der Waals surface area contributed by atoms with E-state index in [0.29, 0.717) is 5.13 Å². The third-order valence-corrected chi connectivity index (χ3v) is 3.08. The maximum absolute atomic E-state index is 11.5. The van der Waals surface area contributed by atoms with Crippen LogP contribution in [0.15, 0.2) is 0 Å². The number of carbonyl (C=O) groups excluding carboxylic acids is 1. The van der Waals surface area contributed by atoms with Gasteiger partial charge in [0.1, 0.15) is 5.01 Å². The minimum Gasteiger partial charge on any atom is -0.481 e. The number of aromatic nitrogens is 2. The van der Waals surface area contributed by atoms with E-state index in [-0.39, 0.29) is 18.9 Å². The zero-order chi connectivity index (χ0) is 11.0. The van der Waals surface area contributed by atoms with Gasteiger partial charge in [-0.15, -0.1) is 10.2 Å². The number of rotatable bonds is 2. The fraction of sp³-hybridized carbons (Fsp3) is 0.500. The second-order valence-electron chi connectivity index (χ2n) is 3.35. The van der Waals surface area contributed by atoms with Crippen LogP contribution in [-0.4, -0.2) is 33.7 Å². The second-order valence-corrected chi connectivity index (χ2v) is 4.51. The molecule has 80 valence electrons. The molecule has 1 aromatic rings. The molecule has 2 rings (SSSR count). The van der Waals surface area contributed by atoms with Crippen LogP contribution in [0, 0.1) is 12.8 Å². The quantitative estimate of drug-likeness (QED) is 0.784. The second kappa shape index (κ2) is 3.58. The standard InChI is InChI=1S/C8H9N3O3S/c1-4-9-10-8(15-4)11-3-5(7(13)14)2-6(11)12/h5H,2-3H2,1H3,(H,13,14)/t5-/m1/s1. The van der Waals surface area contributed by atoms with E-state index in [9.17, 15) is 9.59 Å². The molecule has 0 aromatic carbocycles. The van der Waals surface area contributed by atoms with Gasteiger partial charge in [-0.1, -0.05) is 11.3 Å². The maximum Gasteiger partial charge on any atom is 0.308 e. The Morgan fingerprint density at radius 1 is 1.60 bits per heavy atom. The molecule has 0 unspecified atom stereocenters. The van der Waals surface area contributed by atoms with Crippen LogP contribution in [0.5, 0.6) is 0 Å². The molecule has 0 aliphatic carbocycles. The predicted molar refractivity (Wildman–Crippen MR) is 52.7 cm³/mol. The fourth-order valence-corrected chi connectivity index (χ4v) is 2.17. The summed E-state index contributed by atoms with van der Waals surface area (Å²) in [7, 11) is 0. The van der Waals surface area contributed by atoms with Crippen molar-refractivity contribution < 1.29 is 14.7 Å². The van der Waals surface area contributed by atoms with Gasteiger partial charge in [0.25, 0.3) is 0 Å². The van der Waals surface area contributed by atoms with Crippen molar-refractivity contribution in [2.75, 3.05) is 11.4 Å². The molecule has 2 heterocycles. The summed E-state index contributed by atoms with van der Waals surface area (Å²) in [6.45, 7) is 1.99. The first-order valence-electron chi connectivity index (χ1n) is 4.41. The van der Waals surface area contributed by atoms with Crippen LogP contribution in [0.1, 0.15) is 11.4 Å². The minimum atomic E-state index is -0.938. The molecular weight excluding hydrogens is 218 g/mol. The van der Waals surface area contributed by atoms with Crippen LogP contribution < -0.4 is 4.90 Å². The van der Waals surface area contributed by atoms with E-state index in [1.54, 1.807) is 6.92 Å². The Balaban J connectivity index is 2.18. The molecule has 1 saturated heterocycles. The van der Waals surface area contributed by atoms with E-state index < -0.39 is 11.9 Å². The fourth-order valence-electron chi connectivity index (χ4n) is 1.45. The van der Waals surface area contributed by atoms with Gasteiger partial charge in [0.05, 0.1) is 5.92 Å². The summed E-state index contributed by atoms with van der Waals surface area (Å²) in [5.41, 5.74) is 0. The maximum atomic E-state index is 11.5. The lowest BCUT2D eigenvalue weighted by atomic mass is 10.1. The van der Waals surface area contributed by atoms with Crippen LogP contribution in [0.3, 0.4) is 0 Å². The minimum absolute atomic E-state index is 0.0496. The highest BCUT2D eigenvalue weighted by Crippen LogP contribution is 2.27. The SMILES string of the molecule is Cc1nnc(N2C[C@H](C(=O)O)CC2=O)s1. The molecule has 0 saturated carbocycles. The molecule has 1 aliphatic heterocycles. The lowest BCUT2D eigenvalue weighted by Crippen LogP contribution is -2.25. The van der Waals surface area contributed by atoms with E-state index in [0.717, 1.165) is 5.01 Å². The number of hydrogen-bond donors (Lipinski definition) is 1. The normalized spacial score (nSPS) is 21.0. The summed E-state index contributed by atoms with van der Waals surface area (Å²) in [6.07, 6.45) is 0.0496. The molecule has 6 nitrogen and oxygen atoms in total. The molecule has 15 heavy (non-hydrogen) atoms. The molecule has 1 aliphatic rings.